The van der Waals surface area contributed by atoms with Gasteiger partial charge in [0.25, 0.3) is 0 Å². The summed E-state index contributed by atoms with van der Waals surface area (Å²) in [6.07, 6.45) is 1.82. The van der Waals surface area contributed by atoms with Crippen LogP contribution in [0.5, 0.6) is 0 Å². The standard InChI is InChI=1S/C17H20N2O3S/c1-23(21,22)16-9-7-14(8-10-16)11-12-18-17(20)19-13-15-5-3-2-4-6-15/h2-10H,11-13H2,1H3,(H2,18,19,20). The van der Waals surface area contributed by atoms with E-state index in [0.29, 0.717) is 24.4 Å². The zero-order valence-electron chi connectivity index (χ0n) is 13.0. The summed E-state index contributed by atoms with van der Waals surface area (Å²) in [4.78, 5) is 12.0. The fourth-order valence-corrected chi connectivity index (χ4v) is 2.69. The molecule has 0 aliphatic rings. The fourth-order valence-electron chi connectivity index (χ4n) is 2.06. The molecule has 2 amide bonds. The lowest BCUT2D eigenvalue weighted by molar-refractivity contribution is 0.240. The molecule has 0 spiro atoms. The first-order valence-corrected chi connectivity index (χ1v) is 9.19. The number of nitrogens with one attached hydrogen (secondary N) is 2. The molecule has 0 saturated carbocycles. The lowest BCUT2D eigenvalue weighted by Gasteiger charge is -2.08. The smallest absolute Gasteiger partial charge is 0.315 e. The van der Waals surface area contributed by atoms with Gasteiger partial charge in [0.1, 0.15) is 0 Å². The number of amides is 2. The molecular weight excluding hydrogens is 312 g/mol. The third-order valence-electron chi connectivity index (χ3n) is 3.35. The Morgan fingerprint density at radius 1 is 0.913 bits per heavy atom. The quantitative estimate of drug-likeness (QED) is 0.851. The third kappa shape index (κ3) is 5.75. The number of carbonyl (C=O) groups excluding carboxylic acids is 1. The highest BCUT2D eigenvalue weighted by Crippen LogP contribution is 2.10. The van der Waals surface area contributed by atoms with Crippen LogP contribution in [0.1, 0.15) is 11.1 Å². The van der Waals surface area contributed by atoms with Gasteiger partial charge in [0, 0.05) is 19.3 Å². The van der Waals surface area contributed by atoms with Gasteiger partial charge in [-0.15, -0.1) is 0 Å². The molecular formula is C17H20N2O3S. The number of sulfone groups is 1. The van der Waals surface area contributed by atoms with Crippen LogP contribution in [0.25, 0.3) is 0 Å². The molecule has 0 atom stereocenters. The summed E-state index contributed by atoms with van der Waals surface area (Å²) in [5.74, 6) is 0. The lowest BCUT2D eigenvalue weighted by atomic mass is 10.1. The van der Waals surface area contributed by atoms with E-state index >= 15 is 0 Å². The maximum Gasteiger partial charge on any atom is 0.315 e. The van der Waals surface area contributed by atoms with Crippen molar-refractivity contribution in [1.82, 2.24) is 10.6 Å². The summed E-state index contributed by atoms with van der Waals surface area (Å²) in [6.45, 7) is 0.967. The normalized spacial score (nSPS) is 11.0. The van der Waals surface area contributed by atoms with Crippen molar-refractivity contribution in [3.8, 4) is 0 Å². The van der Waals surface area contributed by atoms with E-state index in [4.69, 9.17) is 0 Å². The van der Waals surface area contributed by atoms with Crippen LogP contribution in [-0.4, -0.2) is 27.2 Å². The minimum Gasteiger partial charge on any atom is -0.338 e. The Kier molecular flexibility index (Phi) is 5.76. The zero-order valence-corrected chi connectivity index (χ0v) is 13.8. The first-order chi connectivity index (χ1) is 10.9. The van der Waals surface area contributed by atoms with E-state index < -0.39 is 9.84 Å². The molecule has 0 bridgehead atoms. The van der Waals surface area contributed by atoms with Crippen molar-refractivity contribution in [2.45, 2.75) is 17.9 Å². The molecule has 2 aromatic carbocycles. The maximum atomic E-state index is 11.7. The van der Waals surface area contributed by atoms with Crippen molar-refractivity contribution in [2.75, 3.05) is 12.8 Å². The molecule has 23 heavy (non-hydrogen) atoms. The molecule has 0 radical (unpaired) electrons. The average molecular weight is 332 g/mol. The summed E-state index contributed by atoms with van der Waals surface area (Å²) in [5, 5.41) is 5.56. The van der Waals surface area contributed by atoms with Gasteiger partial charge < -0.3 is 10.6 Å². The van der Waals surface area contributed by atoms with E-state index in [0.717, 1.165) is 11.1 Å². The Balaban J connectivity index is 1.73. The van der Waals surface area contributed by atoms with Crippen LogP contribution in [0.3, 0.4) is 0 Å². The molecule has 0 heterocycles. The van der Waals surface area contributed by atoms with Gasteiger partial charge in [0.2, 0.25) is 0 Å². The number of carbonyl (C=O) groups is 1. The lowest BCUT2D eigenvalue weighted by Crippen LogP contribution is -2.36. The Morgan fingerprint density at radius 3 is 2.17 bits per heavy atom. The Bertz CT molecular complexity index is 741. The van der Waals surface area contributed by atoms with Crippen molar-refractivity contribution in [3.63, 3.8) is 0 Å². The van der Waals surface area contributed by atoms with Gasteiger partial charge in [0.05, 0.1) is 4.90 Å². The highest BCUT2D eigenvalue weighted by Gasteiger charge is 2.06. The molecule has 6 heteroatoms. The Hall–Kier alpha value is -2.34. The van der Waals surface area contributed by atoms with Crippen molar-refractivity contribution < 1.29 is 13.2 Å². The third-order valence-corrected chi connectivity index (χ3v) is 4.48. The Morgan fingerprint density at radius 2 is 1.57 bits per heavy atom. The van der Waals surface area contributed by atoms with E-state index in [2.05, 4.69) is 10.6 Å². The molecule has 2 aromatic rings. The van der Waals surface area contributed by atoms with Crippen LogP contribution >= 0.6 is 0 Å². The van der Waals surface area contributed by atoms with Crippen LogP contribution in [0.4, 0.5) is 4.79 Å². The molecule has 2 rings (SSSR count). The van der Waals surface area contributed by atoms with E-state index in [1.54, 1.807) is 24.3 Å². The molecule has 0 aliphatic heterocycles. The second kappa shape index (κ2) is 7.78. The molecule has 0 unspecified atom stereocenters. The number of benzene rings is 2. The van der Waals surface area contributed by atoms with E-state index in [-0.39, 0.29) is 6.03 Å². The van der Waals surface area contributed by atoms with Gasteiger partial charge in [0.15, 0.2) is 9.84 Å². The van der Waals surface area contributed by atoms with Crippen molar-refractivity contribution in [3.05, 3.63) is 65.7 Å². The average Bonchev–Trinajstić information content (AvgIpc) is 2.53. The number of hydrogen-bond acceptors (Lipinski definition) is 3. The topological polar surface area (TPSA) is 75.3 Å². The minimum absolute atomic E-state index is 0.221. The number of rotatable bonds is 6. The molecule has 2 N–H and O–H groups in total. The first-order valence-electron chi connectivity index (χ1n) is 7.30. The fraction of sp³-hybridized carbons (Fsp3) is 0.235. The van der Waals surface area contributed by atoms with Crippen LogP contribution in [0, 0.1) is 0 Å². The molecule has 0 saturated heterocycles. The van der Waals surface area contributed by atoms with E-state index in [1.807, 2.05) is 30.3 Å². The van der Waals surface area contributed by atoms with Crippen LogP contribution in [-0.2, 0) is 22.8 Å². The molecule has 0 aromatic heterocycles. The summed E-state index contributed by atoms with van der Waals surface area (Å²) >= 11 is 0. The van der Waals surface area contributed by atoms with E-state index in [1.165, 1.54) is 6.26 Å². The highest BCUT2D eigenvalue weighted by molar-refractivity contribution is 7.90. The van der Waals surface area contributed by atoms with Crippen LogP contribution in [0.2, 0.25) is 0 Å². The molecule has 0 fully saturated rings. The molecule has 5 nitrogen and oxygen atoms in total. The minimum atomic E-state index is -3.17. The van der Waals surface area contributed by atoms with Gasteiger partial charge in [-0.25, -0.2) is 13.2 Å². The van der Waals surface area contributed by atoms with Crippen molar-refractivity contribution >= 4 is 15.9 Å². The monoisotopic (exact) mass is 332 g/mol. The molecule has 122 valence electrons. The predicted octanol–water partition coefficient (Wildman–Crippen LogP) is 2.13. The SMILES string of the molecule is CS(=O)(=O)c1ccc(CCNC(=O)NCc2ccccc2)cc1. The summed E-state index contributed by atoms with van der Waals surface area (Å²) < 4.78 is 22.7. The second-order valence-corrected chi connectivity index (χ2v) is 7.28. The summed E-state index contributed by atoms with van der Waals surface area (Å²) in [5.41, 5.74) is 2.01. The van der Waals surface area contributed by atoms with Gasteiger partial charge in [-0.3, -0.25) is 0 Å². The number of urea groups is 1. The maximum absolute atomic E-state index is 11.7. The summed E-state index contributed by atoms with van der Waals surface area (Å²) in [6, 6.07) is 16.2. The predicted molar refractivity (Wildman–Crippen MR) is 89.9 cm³/mol. The van der Waals surface area contributed by atoms with Crippen molar-refractivity contribution in [2.24, 2.45) is 0 Å². The van der Waals surface area contributed by atoms with E-state index in [9.17, 15) is 13.2 Å². The Labute approximate surface area is 136 Å². The largest absolute Gasteiger partial charge is 0.338 e. The molecule has 0 aliphatic carbocycles. The first kappa shape index (κ1) is 17.0. The van der Waals surface area contributed by atoms with Gasteiger partial charge >= 0.3 is 6.03 Å². The second-order valence-electron chi connectivity index (χ2n) is 5.26. The van der Waals surface area contributed by atoms with Crippen LogP contribution < -0.4 is 10.6 Å². The van der Waals surface area contributed by atoms with Gasteiger partial charge in [-0.05, 0) is 29.7 Å². The van der Waals surface area contributed by atoms with Gasteiger partial charge in [-0.2, -0.15) is 0 Å². The highest BCUT2D eigenvalue weighted by atomic mass is 32.2. The van der Waals surface area contributed by atoms with Crippen LogP contribution in [0.15, 0.2) is 59.5 Å². The number of hydrogen-bond donors (Lipinski definition) is 2. The summed E-state index contributed by atoms with van der Waals surface area (Å²) in [7, 11) is -3.17. The van der Waals surface area contributed by atoms with Crippen molar-refractivity contribution in [1.29, 1.82) is 0 Å². The zero-order chi connectivity index (χ0) is 16.7. The van der Waals surface area contributed by atoms with Gasteiger partial charge in [-0.1, -0.05) is 42.5 Å².